The molecule has 0 bridgehead atoms. The Balaban J connectivity index is 2.78. The molecule has 1 aliphatic rings. The molecule has 12 nitrogen and oxygen atoms in total. The molecule has 12 heteroatoms. The minimum atomic E-state index is -1.93. The fourth-order valence-electron chi connectivity index (χ4n) is 7.41. The van der Waals surface area contributed by atoms with Crippen LogP contribution in [0.4, 0.5) is 0 Å². The molecule has 0 saturated carbocycles. The van der Waals surface area contributed by atoms with Gasteiger partial charge < -0.3 is 39.0 Å². The first-order valence-electron chi connectivity index (χ1n) is 27.5. The van der Waals surface area contributed by atoms with E-state index in [4.69, 9.17) is 23.7 Å². The normalized spacial score (nSPS) is 19.3. The maximum Gasteiger partial charge on any atom is 0.335 e. The number of carboxylic acid groups (broad SMARTS) is 1. The molecule has 0 spiro atoms. The molecule has 1 heterocycles. The maximum atomic E-state index is 13.1. The minimum Gasteiger partial charge on any atom is -0.479 e. The minimum absolute atomic E-state index is 0.0245. The highest BCUT2D eigenvalue weighted by Gasteiger charge is 2.50. The quantitative estimate of drug-likeness (QED) is 0.0228. The van der Waals surface area contributed by atoms with Gasteiger partial charge in [-0.05, 0) is 109 Å². The number of esters is 3. The summed E-state index contributed by atoms with van der Waals surface area (Å²) < 4.78 is 28.2. The number of carbonyl (C=O) groups is 4. The van der Waals surface area contributed by atoms with Crippen molar-refractivity contribution in [3.05, 3.63) is 122 Å². The first kappa shape index (κ1) is 66.1. The fraction of sp³-hybridized carbons (Fsp3) is 0.607. The van der Waals surface area contributed by atoms with Crippen molar-refractivity contribution in [3.8, 4) is 0 Å². The zero-order valence-electron chi connectivity index (χ0n) is 44.8. The smallest absolute Gasteiger partial charge is 0.335 e. The van der Waals surface area contributed by atoms with Crippen LogP contribution in [0.1, 0.15) is 188 Å². The van der Waals surface area contributed by atoms with Crippen molar-refractivity contribution in [2.45, 2.75) is 225 Å². The second-order valence-corrected chi connectivity index (χ2v) is 18.1. The second-order valence-electron chi connectivity index (χ2n) is 18.1. The van der Waals surface area contributed by atoms with Crippen LogP contribution >= 0.6 is 0 Å². The summed E-state index contributed by atoms with van der Waals surface area (Å²) in [5.41, 5.74) is 0. The highest BCUT2D eigenvalue weighted by molar-refractivity contribution is 5.74. The third-order valence-corrected chi connectivity index (χ3v) is 11.5. The molecule has 73 heavy (non-hydrogen) atoms. The lowest BCUT2D eigenvalue weighted by molar-refractivity contribution is -0.301. The Morgan fingerprint density at radius 1 is 0.452 bits per heavy atom. The number of carbonyl (C=O) groups excluding carboxylic acids is 3. The lowest BCUT2D eigenvalue weighted by Gasteiger charge is -2.40. The summed E-state index contributed by atoms with van der Waals surface area (Å²) in [6.45, 7) is 5.53. The molecule has 0 aromatic rings. The van der Waals surface area contributed by atoms with Gasteiger partial charge in [0.15, 0.2) is 24.6 Å². The largest absolute Gasteiger partial charge is 0.479 e. The fourth-order valence-corrected chi connectivity index (χ4v) is 7.41. The predicted octanol–water partition coefficient (Wildman–Crippen LogP) is 13.7. The van der Waals surface area contributed by atoms with Gasteiger partial charge in [0.2, 0.25) is 0 Å². The SMILES string of the molecule is CC/C=C\C/C=C\C/C=C\C/C=C\CCC(=O)OC(COC(=O)CCCCCCC/C=C\C/C=C\C/C=C\CC)COC1OC(C(=O)O)C(O)C(O)C1OC(=O)CCCCCCC/C=C\C/C=C\C/C=C\CC. The zero-order chi connectivity index (χ0) is 53.3. The summed E-state index contributed by atoms with van der Waals surface area (Å²) >= 11 is 0. The predicted molar refractivity (Wildman–Crippen MR) is 293 cm³/mol. The van der Waals surface area contributed by atoms with Crippen LogP contribution in [0.25, 0.3) is 0 Å². The summed E-state index contributed by atoms with van der Waals surface area (Å²) in [7, 11) is 0. The highest BCUT2D eigenvalue weighted by atomic mass is 16.7. The number of carboxylic acids is 1. The standard InChI is InChI=1S/C61H94O12/c1-4-7-10-13-16-19-22-25-27-30-32-35-38-41-44-47-53(62)69-50-52(71-54(63)48-45-42-39-36-33-29-24-21-18-15-12-9-6-3)51-70-61-59(57(66)56(65)58(73-61)60(67)68)72-55(64)49-46-43-40-37-34-31-28-26-23-20-17-14-11-8-5-2/h7-12,16-21,25-29,33,39,42,52,56-59,61,65-66H,4-6,13-15,22-24,30-32,34-38,40-41,43-51H2,1-3H3,(H,67,68)/b10-7-,11-8-,12-9-,19-16-,20-17-,21-18-,27-25-,28-26-,33-29-,42-39-. The molecular weight excluding hydrogens is 925 g/mol. The Labute approximate surface area is 439 Å². The van der Waals surface area contributed by atoms with Crippen molar-refractivity contribution < 1.29 is 58.2 Å². The Morgan fingerprint density at radius 2 is 0.849 bits per heavy atom. The highest BCUT2D eigenvalue weighted by Crippen LogP contribution is 2.26. The third-order valence-electron chi connectivity index (χ3n) is 11.5. The Hall–Kier alpha value is -4.88. The van der Waals surface area contributed by atoms with Crippen LogP contribution in [0.2, 0.25) is 0 Å². The Bertz CT molecular complexity index is 1730. The second kappa shape index (κ2) is 48.1. The Morgan fingerprint density at radius 3 is 1.30 bits per heavy atom. The molecule has 0 radical (unpaired) electrons. The number of aliphatic hydroxyl groups excluding tert-OH is 2. The maximum absolute atomic E-state index is 13.1. The van der Waals surface area contributed by atoms with Crippen LogP contribution in [0, 0.1) is 0 Å². The number of ether oxygens (including phenoxy) is 5. The van der Waals surface area contributed by atoms with E-state index in [1.165, 1.54) is 0 Å². The van der Waals surface area contributed by atoms with E-state index in [2.05, 4.69) is 130 Å². The van der Waals surface area contributed by atoms with Gasteiger partial charge in [0.1, 0.15) is 18.8 Å². The summed E-state index contributed by atoms with van der Waals surface area (Å²) in [5.74, 6) is -3.30. The van der Waals surface area contributed by atoms with E-state index in [1.807, 2.05) is 12.2 Å². The van der Waals surface area contributed by atoms with Crippen molar-refractivity contribution in [1.29, 1.82) is 0 Å². The molecule has 1 rings (SSSR count). The first-order valence-corrected chi connectivity index (χ1v) is 27.5. The molecular formula is C61H94O12. The van der Waals surface area contributed by atoms with Crippen LogP contribution in [0.15, 0.2) is 122 Å². The molecule has 0 aromatic heterocycles. The average molecular weight is 1020 g/mol. The van der Waals surface area contributed by atoms with Crippen molar-refractivity contribution >= 4 is 23.9 Å². The molecule has 1 aliphatic heterocycles. The molecule has 3 N–H and O–H groups in total. The van der Waals surface area contributed by atoms with Gasteiger partial charge in [-0.1, -0.05) is 181 Å². The number of aliphatic hydroxyl groups is 2. The molecule has 6 atom stereocenters. The van der Waals surface area contributed by atoms with Crippen LogP contribution in [0.5, 0.6) is 0 Å². The lowest BCUT2D eigenvalue weighted by atomic mass is 9.98. The van der Waals surface area contributed by atoms with Gasteiger partial charge in [-0.3, -0.25) is 14.4 Å². The van der Waals surface area contributed by atoms with Crippen LogP contribution in [0.3, 0.4) is 0 Å². The van der Waals surface area contributed by atoms with Gasteiger partial charge in [-0.25, -0.2) is 4.79 Å². The summed E-state index contributed by atoms with van der Waals surface area (Å²) in [4.78, 5) is 50.9. The molecule has 0 aromatic carbocycles. The number of aliphatic carboxylic acids is 1. The van der Waals surface area contributed by atoms with Crippen LogP contribution < -0.4 is 0 Å². The van der Waals surface area contributed by atoms with Gasteiger partial charge in [0.25, 0.3) is 0 Å². The van der Waals surface area contributed by atoms with Gasteiger partial charge in [-0.15, -0.1) is 0 Å². The average Bonchev–Trinajstić information content (AvgIpc) is 3.37. The topological polar surface area (TPSA) is 175 Å². The van der Waals surface area contributed by atoms with E-state index in [-0.39, 0.29) is 25.9 Å². The van der Waals surface area contributed by atoms with Crippen molar-refractivity contribution in [2.75, 3.05) is 13.2 Å². The Kier molecular flexibility index (Phi) is 43.6. The van der Waals surface area contributed by atoms with E-state index in [0.717, 1.165) is 122 Å². The first-order chi connectivity index (χ1) is 35.6. The number of hydrogen-bond acceptors (Lipinski definition) is 11. The third kappa shape index (κ3) is 38.4. The van der Waals surface area contributed by atoms with E-state index < -0.39 is 67.3 Å². The van der Waals surface area contributed by atoms with Crippen LogP contribution in [-0.2, 0) is 42.9 Å². The van der Waals surface area contributed by atoms with Gasteiger partial charge >= 0.3 is 23.9 Å². The molecule has 1 saturated heterocycles. The summed E-state index contributed by atoms with van der Waals surface area (Å²) in [6.07, 6.45) is 53.4. The number of allylic oxidation sites excluding steroid dienone is 20. The lowest BCUT2D eigenvalue weighted by Crippen LogP contribution is -2.61. The van der Waals surface area contributed by atoms with Crippen molar-refractivity contribution in [1.82, 2.24) is 0 Å². The van der Waals surface area contributed by atoms with E-state index >= 15 is 0 Å². The van der Waals surface area contributed by atoms with Gasteiger partial charge in [0, 0.05) is 19.3 Å². The molecule has 1 fully saturated rings. The van der Waals surface area contributed by atoms with Crippen molar-refractivity contribution in [3.63, 3.8) is 0 Å². The molecule has 0 amide bonds. The van der Waals surface area contributed by atoms with E-state index in [1.54, 1.807) is 0 Å². The number of rotatable bonds is 44. The van der Waals surface area contributed by atoms with Crippen molar-refractivity contribution in [2.24, 2.45) is 0 Å². The van der Waals surface area contributed by atoms with Gasteiger partial charge in [0.05, 0.1) is 6.61 Å². The van der Waals surface area contributed by atoms with Gasteiger partial charge in [-0.2, -0.15) is 0 Å². The van der Waals surface area contributed by atoms with E-state index in [9.17, 15) is 34.5 Å². The zero-order valence-corrected chi connectivity index (χ0v) is 44.8. The number of unbranched alkanes of at least 4 members (excludes halogenated alkanes) is 10. The molecule has 6 unspecified atom stereocenters. The summed E-state index contributed by atoms with van der Waals surface area (Å²) in [6, 6.07) is 0. The molecule has 410 valence electrons. The van der Waals surface area contributed by atoms with E-state index in [0.29, 0.717) is 25.7 Å². The summed E-state index contributed by atoms with van der Waals surface area (Å²) in [5, 5.41) is 31.4. The number of hydrogen-bond donors (Lipinski definition) is 3. The van der Waals surface area contributed by atoms with Crippen LogP contribution in [-0.4, -0.2) is 89.2 Å². The monoisotopic (exact) mass is 1020 g/mol. The molecule has 0 aliphatic carbocycles.